The van der Waals surface area contributed by atoms with E-state index in [0.29, 0.717) is 25.8 Å². The molecule has 0 aromatic carbocycles. The fraction of sp³-hybridized carbons (Fsp3) is 0.667. The number of primary amides is 1. The minimum absolute atomic E-state index is 0.293. The van der Waals surface area contributed by atoms with Crippen LogP contribution in [0.25, 0.3) is 0 Å². The lowest BCUT2D eigenvalue weighted by Crippen LogP contribution is -2.42. The summed E-state index contributed by atoms with van der Waals surface area (Å²) in [5.41, 5.74) is 4.94. The fourth-order valence-electron chi connectivity index (χ4n) is 0.882. The Labute approximate surface area is 98.9 Å². The molecule has 4 N–H and O–H groups in total. The van der Waals surface area contributed by atoms with Crippen molar-refractivity contribution < 1.29 is 14.4 Å². The van der Waals surface area contributed by atoms with Gasteiger partial charge in [0.1, 0.15) is 5.38 Å². The van der Waals surface area contributed by atoms with Crippen LogP contribution in [0.3, 0.4) is 0 Å². The molecule has 16 heavy (non-hydrogen) atoms. The van der Waals surface area contributed by atoms with Gasteiger partial charge in [-0.15, -0.1) is 11.6 Å². The molecule has 0 bridgehead atoms. The van der Waals surface area contributed by atoms with E-state index in [1.165, 1.54) is 6.92 Å². The zero-order valence-corrected chi connectivity index (χ0v) is 9.84. The first-order chi connectivity index (χ1) is 7.43. The summed E-state index contributed by atoms with van der Waals surface area (Å²) in [6, 6.07) is -0.587. The Morgan fingerprint density at radius 1 is 1.31 bits per heavy atom. The second-order valence-corrected chi connectivity index (χ2v) is 3.94. The number of unbranched alkanes of at least 4 members (excludes halogenated alkanes) is 1. The fourth-order valence-corrected chi connectivity index (χ4v) is 0.936. The average molecular weight is 250 g/mol. The normalized spacial score (nSPS) is 11.6. The Bertz CT molecular complexity index is 269. The summed E-state index contributed by atoms with van der Waals surface area (Å²) < 4.78 is 0. The summed E-state index contributed by atoms with van der Waals surface area (Å²) in [4.78, 5) is 32.4. The van der Waals surface area contributed by atoms with Crippen molar-refractivity contribution in [3.8, 4) is 0 Å². The van der Waals surface area contributed by atoms with Crippen molar-refractivity contribution in [2.24, 2.45) is 5.73 Å². The van der Waals surface area contributed by atoms with Gasteiger partial charge in [0.05, 0.1) is 0 Å². The SMILES string of the molecule is CC(Cl)C(=O)NC(=O)NCCCCC(N)=O. The van der Waals surface area contributed by atoms with E-state index in [9.17, 15) is 14.4 Å². The number of rotatable bonds is 6. The van der Waals surface area contributed by atoms with Crippen LogP contribution in [0.4, 0.5) is 4.79 Å². The van der Waals surface area contributed by atoms with Crippen LogP contribution >= 0.6 is 11.6 Å². The second kappa shape index (κ2) is 7.92. The minimum Gasteiger partial charge on any atom is -0.370 e. The predicted octanol–water partition coefficient (Wildman–Crippen LogP) is 0.0951. The first-order valence-corrected chi connectivity index (χ1v) is 5.38. The molecular weight excluding hydrogens is 234 g/mol. The Balaban J connectivity index is 3.51. The first-order valence-electron chi connectivity index (χ1n) is 4.94. The number of carbonyl (C=O) groups excluding carboxylic acids is 3. The summed E-state index contributed by atoms with van der Waals surface area (Å²) >= 11 is 5.45. The van der Waals surface area contributed by atoms with Gasteiger partial charge in [-0.2, -0.15) is 0 Å². The number of amides is 4. The lowest BCUT2D eigenvalue weighted by Gasteiger charge is -2.06. The Morgan fingerprint density at radius 3 is 2.44 bits per heavy atom. The molecule has 0 saturated heterocycles. The highest BCUT2D eigenvalue weighted by Gasteiger charge is 2.11. The van der Waals surface area contributed by atoms with Crippen molar-refractivity contribution in [3.63, 3.8) is 0 Å². The third kappa shape index (κ3) is 8.05. The number of hydrogen-bond acceptors (Lipinski definition) is 3. The van der Waals surface area contributed by atoms with E-state index in [4.69, 9.17) is 17.3 Å². The van der Waals surface area contributed by atoms with Crippen LogP contribution in [-0.2, 0) is 9.59 Å². The van der Waals surface area contributed by atoms with Gasteiger partial charge in [0.15, 0.2) is 0 Å². The van der Waals surface area contributed by atoms with Crippen LogP contribution in [0.1, 0.15) is 26.2 Å². The predicted molar refractivity (Wildman–Crippen MR) is 59.9 cm³/mol. The summed E-state index contributed by atoms with van der Waals surface area (Å²) in [6.07, 6.45) is 1.53. The van der Waals surface area contributed by atoms with Gasteiger partial charge in [0.2, 0.25) is 11.8 Å². The largest absolute Gasteiger partial charge is 0.370 e. The van der Waals surface area contributed by atoms with Crippen molar-refractivity contribution in [3.05, 3.63) is 0 Å². The molecule has 0 spiro atoms. The smallest absolute Gasteiger partial charge is 0.321 e. The highest BCUT2D eigenvalue weighted by molar-refractivity contribution is 6.31. The molecule has 0 fully saturated rings. The lowest BCUT2D eigenvalue weighted by molar-refractivity contribution is -0.119. The van der Waals surface area contributed by atoms with Crippen molar-refractivity contribution >= 4 is 29.4 Å². The topological polar surface area (TPSA) is 101 Å². The second-order valence-electron chi connectivity index (χ2n) is 3.28. The zero-order valence-electron chi connectivity index (χ0n) is 9.09. The van der Waals surface area contributed by atoms with Gasteiger partial charge in [-0.3, -0.25) is 14.9 Å². The van der Waals surface area contributed by atoms with E-state index in [2.05, 4.69) is 10.6 Å². The zero-order chi connectivity index (χ0) is 12.6. The summed E-state index contributed by atoms with van der Waals surface area (Å²) in [7, 11) is 0. The molecule has 1 unspecified atom stereocenters. The van der Waals surface area contributed by atoms with Gasteiger partial charge in [0, 0.05) is 13.0 Å². The number of halogens is 1. The third-order valence-corrected chi connectivity index (χ3v) is 1.93. The monoisotopic (exact) mass is 249 g/mol. The molecule has 0 rings (SSSR count). The number of hydrogen-bond donors (Lipinski definition) is 3. The quantitative estimate of drug-likeness (QED) is 0.459. The highest BCUT2D eigenvalue weighted by Crippen LogP contribution is 1.93. The number of alkyl halides is 1. The molecule has 0 saturated carbocycles. The number of nitrogens with one attached hydrogen (secondary N) is 2. The maximum atomic E-state index is 11.1. The van der Waals surface area contributed by atoms with Crippen LogP contribution < -0.4 is 16.4 Å². The summed E-state index contributed by atoms with van der Waals surface area (Å²) in [5.74, 6) is -0.910. The Hall–Kier alpha value is -1.30. The Morgan fingerprint density at radius 2 is 1.94 bits per heavy atom. The number of nitrogens with two attached hydrogens (primary N) is 1. The first kappa shape index (κ1) is 14.7. The van der Waals surface area contributed by atoms with Crippen molar-refractivity contribution in [1.29, 1.82) is 0 Å². The van der Waals surface area contributed by atoms with Crippen LogP contribution in [0.2, 0.25) is 0 Å². The molecule has 0 heterocycles. The molecule has 0 aromatic heterocycles. The number of imide groups is 1. The number of urea groups is 1. The van der Waals surface area contributed by atoms with Gasteiger partial charge in [-0.25, -0.2) is 4.79 Å². The minimum atomic E-state index is -0.749. The highest BCUT2D eigenvalue weighted by atomic mass is 35.5. The summed E-state index contributed by atoms with van der Waals surface area (Å²) in [5, 5.41) is 3.78. The molecule has 6 nitrogen and oxygen atoms in total. The number of carbonyl (C=O) groups is 3. The van der Waals surface area contributed by atoms with Crippen LogP contribution in [0.5, 0.6) is 0 Å². The summed E-state index contributed by atoms with van der Waals surface area (Å²) in [6.45, 7) is 1.85. The van der Waals surface area contributed by atoms with Crippen molar-refractivity contribution in [2.75, 3.05) is 6.54 Å². The third-order valence-electron chi connectivity index (χ3n) is 1.73. The van der Waals surface area contributed by atoms with E-state index in [1.54, 1.807) is 0 Å². The van der Waals surface area contributed by atoms with Crippen LogP contribution in [0.15, 0.2) is 0 Å². The van der Waals surface area contributed by atoms with Crippen molar-refractivity contribution in [1.82, 2.24) is 10.6 Å². The molecule has 0 aliphatic heterocycles. The van der Waals surface area contributed by atoms with Crippen LogP contribution in [-0.4, -0.2) is 29.8 Å². The van der Waals surface area contributed by atoms with E-state index < -0.39 is 17.3 Å². The molecule has 1 atom stereocenters. The molecule has 0 radical (unpaired) electrons. The molecule has 7 heteroatoms. The van der Waals surface area contributed by atoms with Gasteiger partial charge < -0.3 is 11.1 Å². The van der Waals surface area contributed by atoms with E-state index in [0.717, 1.165) is 0 Å². The van der Waals surface area contributed by atoms with Gasteiger partial charge >= 0.3 is 6.03 Å². The molecule has 0 aliphatic rings. The lowest BCUT2D eigenvalue weighted by atomic mass is 10.2. The van der Waals surface area contributed by atoms with E-state index in [-0.39, 0.29) is 5.91 Å². The van der Waals surface area contributed by atoms with Crippen molar-refractivity contribution in [2.45, 2.75) is 31.6 Å². The average Bonchev–Trinajstić information content (AvgIpc) is 2.16. The molecule has 92 valence electrons. The van der Waals surface area contributed by atoms with E-state index in [1.807, 2.05) is 0 Å². The molecule has 0 aliphatic carbocycles. The van der Waals surface area contributed by atoms with Gasteiger partial charge in [-0.1, -0.05) is 0 Å². The Kier molecular flexibility index (Phi) is 7.28. The standard InChI is InChI=1S/C9H16ClN3O3/c1-6(10)8(15)13-9(16)12-5-3-2-4-7(11)14/h6H,2-5H2,1H3,(H2,11,14)(H2,12,13,15,16). The molecule has 0 aromatic rings. The van der Waals surface area contributed by atoms with Gasteiger partial charge in [0.25, 0.3) is 0 Å². The maximum absolute atomic E-state index is 11.1. The maximum Gasteiger partial charge on any atom is 0.321 e. The molecule has 4 amide bonds. The van der Waals surface area contributed by atoms with E-state index >= 15 is 0 Å². The van der Waals surface area contributed by atoms with Crippen LogP contribution in [0, 0.1) is 0 Å². The molecular formula is C9H16ClN3O3. The van der Waals surface area contributed by atoms with Gasteiger partial charge in [-0.05, 0) is 19.8 Å².